The van der Waals surface area contributed by atoms with Gasteiger partial charge in [-0.2, -0.15) is 36.5 Å². The second kappa shape index (κ2) is 11.1. The predicted molar refractivity (Wildman–Crippen MR) is 156 cm³/mol. The monoisotopic (exact) mass is 676 g/mol. The number of halogens is 7. The number of hydrogen-bond donors (Lipinski definition) is 2. The van der Waals surface area contributed by atoms with Crippen molar-refractivity contribution in [2.75, 3.05) is 5.32 Å². The molecule has 5 heterocycles. The third-order valence-corrected chi connectivity index (χ3v) is 8.30. The molecule has 0 saturated carbocycles. The number of carbonyl (C=O) groups is 2. The van der Waals surface area contributed by atoms with E-state index in [0.29, 0.717) is 34.2 Å². The summed E-state index contributed by atoms with van der Waals surface area (Å²) < 4.78 is 99.3. The highest BCUT2D eigenvalue weighted by atomic mass is 32.1. The van der Waals surface area contributed by atoms with Crippen LogP contribution in [-0.2, 0) is 18.9 Å². The molecule has 6 aromatic rings. The third kappa shape index (κ3) is 5.64. The van der Waals surface area contributed by atoms with Crippen molar-refractivity contribution in [1.29, 1.82) is 0 Å². The van der Waals surface area contributed by atoms with Crippen molar-refractivity contribution in [1.82, 2.24) is 29.4 Å². The largest absolute Gasteiger partial charge is 0.433 e. The number of alkyl halides is 6. The number of pyridine rings is 1. The summed E-state index contributed by atoms with van der Waals surface area (Å²) in [5, 5.41) is 10.3. The Morgan fingerprint density at radius 2 is 1.68 bits per heavy atom. The van der Waals surface area contributed by atoms with E-state index >= 15 is 0 Å². The maximum absolute atomic E-state index is 14.1. The molecular formula is C29H19F7N8O2S. The van der Waals surface area contributed by atoms with Crippen LogP contribution in [0.4, 0.5) is 36.4 Å². The van der Waals surface area contributed by atoms with Crippen molar-refractivity contribution in [2.24, 2.45) is 5.73 Å². The van der Waals surface area contributed by atoms with Crippen LogP contribution >= 0.6 is 11.3 Å². The molecule has 0 aliphatic carbocycles. The fourth-order valence-corrected chi connectivity index (χ4v) is 6.02. The fourth-order valence-electron chi connectivity index (χ4n) is 5.01. The van der Waals surface area contributed by atoms with Crippen molar-refractivity contribution in [3.63, 3.8) is 0 Å². The molecule has 2 amide bonds. The van der Waals surface area contributed by atoms with Crippen molar-refractivity contribution < 1.29 is 40.3 Å². The van der Waals surface area contributed by atoms with Gasteiger partial charge in [-0.05, 0) is 55.8 Å². The van der Waals surface area contributed by atoms with Gasteiger partial charge in [0.15, 0.2) is 17.0 Å². The van der Waals surface area contributed by atoms with Crippen LogP contribution in [0, 0.1) is 12.7 Å². The van der Waals surface area contributed by atoms with Gasteiger partial charge >= 0.3 is 12.4 Å². The Balaban J connectivity index is 1.52. The first kappa shape index (κ1) is 31.6. The molecule has 3 N–H and O–H groups in total. The normalized spacial score (nSPS) is 12.3. The van der Waals surface area contributed by atoms with E-state index in [-0.39, 0.29) is 43.2 Å². The molecule has 5 aromatic heterocycles. The third-order valence-electron chi connectivity index (χ3n) is 7.20. The number of aryl methyl sites for hydroxylation is 1. The number of carbonyl (C=O) groups excluding carboxylic acids is 2. The molecule has 1 aromatic carbocycles. The van der Waals surface area contributed by atoms with Gasteiger partial charge in [-0.15, -0.1) is 11.3 Å². The molecule has 0 fully saturated rings. The van der Waals surface area contributed by atoms with Gasteiger partial charge in [-0.1, -0.05) is 0 Å². The Morgan fingerprint density at radius 3 is 2.28 bits per heavy atom. The molecule has 47 heavy (non-hydrogen) atoms. The van der Waals surface area contributed by atoms with Crippen LogP contribution in [0.25, 0.3) is 38.2 Å². The van der Waals surface area contributed by atoms with Crippen molar-refractivity contribution in [3.05, 3.63) is 82.1 Å². The summed E-state index contributed by atoms with van der Waals surface area (Å²) in [6.45, 7) is 3.77. The zero-order valence-electron chi connectivity index (χ0n) is 24.0. The first-order chi connectivity index (χ1) is 22.1. The molecule has 0 saturated heterocycles. The molecule has 10 nitrogen and oxygen atoms in total. The Kier molecular flexibility index (Phi) is 7.49. The van der Waals surface area contributed by atoms with E-state index in [0.717, 1.165) is 24.3 Å². The van der Waals surface area contributed by atoms with Crippen LogP contribution < -0.4 is 11.1 Å². The lowest BCUT2D eigenvalue weighted by molar-refractivity contribution is -0.143. The highest BCUT2D eigenvalue weighted by Crippen LogP contribution is 2.44. The summed E-state index contributed by atoms with van der Waals surface area (Å²) >= 11 is 0.497. The molecule has 0 spiro atoms. The van der Waals surface area contributed by atoms with E-state index in [2.05, 4.69) is 25.5 Å². The lowest BCUT2D eigenvalue weighted by Gasteiger charge is -2.12. The van der Waals surface area contributed by atoms with Crippen molar-refractivity contribution in [3.8, 4) is 22.4 Å². The fraction of sp³-hybridized carbons (Fsp3) is 0.172. The molecule has 242 valence electrons. The van der Waals surface area contributed by atoms with Gasteiger partial charge in [0.05, 0.1) is 17.6 Å². The number of amides is 2. The van der Waals surface area contributed by atoms with Gasteiger partial charge in [0.2, 0.25) is 0 Å². The zero-order chi connectivity index (χ0) is 34.0. The highest BCUT2D eigenvalue weighted by molar-refractivity contribution is 7.21. The summed E-state index contributed by atoms with van der Waals surface area (Å²) in [5.74, 6) is -2.85. The zero-order valence-corrected chi connectivity index (χ0v) is 24.8. The minimum atomic E-state index is -4.96. The molecule has 0 aliphatic rings. The van der Waals surface area contributed by atoms with Crippen LogP contribution in [0.3, 0.4) is 0 Å². The van der Waals surface area contributed by atoms with Crippen LogP contribution in [0.5, 0.6) is 0 Å². The summed E-state index contributed by atoms with van der Waals surface area (Å²) in [4.78, 5) is 33.2. The van der Waals surface area contributed by atoms with Crippen LogP contribution in [0.2, 0.25) is 0 Å². The molecule has 18 heteroatoms. The highest BCUT2D eigenvalue weighted by Gasteiger charge is 2.37. The predicted octanol–water partition coefficient (Wildman–Crippen LogP) is 6.73. The topological polar surface area (TPSA) is 133 Å². The smallest absolute Gasteiger partial charge is 0.365 e. The maximum Gasteiger partial charge on any atom is 0.433 e. The lowest BCUT2D eigenvalue weighted by Crippen LogP contribution is -2.18. The van der Waals surface area contributed by atoms with E-state index in [4.69, 9.17) is 5.73 Å². The molecule has 0 bridgehead atoms. The van der Waals surface area contributed by atoms with Crippen LogP contribution in [-0.4, -0.2) is 41.2 Å². The minimum Gasteiger partial charge on any atom is -0.365 e. The van der Waals surface area contributed by atoms with Crippen molar-refractivity contribution >= 4 is 44.7 Å². The summed E-state index contributed by atoms with van der Waals surface area (Å²) in [6, 6.07) is 6.93. The van der Waals surface area contributed by atoms with Gasteiger partial charge in [0.25, 0.3) is 11.8 Å². The van der Waals surface area contributed by atoms with Gasteiger partial charge < -0.3 is 11.1 Å². The number of nitrogens with zero attached hydrogens (tertiary/aromatic N) is 6. The number of primary amides is 1. The number of nitrogens with two attached hydrogens (primary N) is 1. The average molecular weight is 677 g/mol. The van der Waals surface area contributed by atoms with E-state index in [1.807, 2.05) is 0 Å². The number of nitrogens with one attached hydrogen (secondary N) is 1. The Hall–Kier alpha value is -5.39. The molecule has 0 atom stereocenters. The van der Waals surface area contributed by atoms with Gasteiger partial charge in [-0.3, -0.25) is 14.3 Å². The summed E-state index contributed by atoms with van der Waals surface area (Å²) in [6.07, 6.45) is -8.52. The van der Waals surface area contributed by atoms with Gasteiger partial charge in [0.1, 0.15) is 21.2 Å². The average Bonchev–Trinajstić information content (AvgIpc) is 3.70. The lowest BCUT2D eigenvalue weighted by atomic mass is 10.0. The van der Waals surface area contributed by atoms with Gasteiger partial charge in [0, 0.05) is 34.8 Å². The number of anilines is 1. The Morgan fingerprint density at radius 1 is 0.979 bits per heavy atom. The number of rotatable bonds is 6. The molecule has 0 unspecified atom stereocenters. The molecular weight excluding hydrogens is 657 g/mol. The Bertz CT molecular complexity index is 2220. The number of aromatic nitrogens is 6. The summed E-state index contributed by atoms with van der Waals surface area (Å²) in [5.41, 5.74) is 2.31. The van der Waals surface area contributed by atoms with E-state index in [1.54, 1.807) is 13.8 Å². The number of fused-ring (bicyclic) bond motifs is 2. The first-order valence-electron chi connectivity index (χ1n) is 13.5. The van der Waals surface area contributed by atoms with E-state index in [1.165, 1.54) is 23.0 Å². The molecule has 0 radical (unpaired) electrons. The van der Waals surface area contributed by atoms with Crippen LogP contribution in [0.1, 0.15) is 44.2 Å². The minimum absolute atomic E-state index is 0.0691. The Labute approximate surface area is 262 Å². The first-order valence-corrected chi connectivity index (χ1v) is 14.3. The second-order valence-corrected chi connectivity index (χ2v) is 11.1. The molecule has 6 rings (SSSR count). The number of benzene rings is 1. The number of thiophene rings is 1. The molecule has 0 aliphatic heterocycles. The van der Waals surface area contributed by atoms with Crippen LogP contribution in [0.15, 0.2) is 48.7 Å². The number of hydrogen-bond acceptors (Lipinski definition) is 7. The maximum atomic E-state index is 14.1. The quantitative estimate of drug-likeness (QED) is 0.188. The SMILES string of the molecule is CCn1ncc(-c2cc(C(F)(F)F)nc3sc(C(N)=O)c(NC(=O)c4cc5nc(-c6ccc(F)cc6)cc(C(F)(F)F)n5n4)c23)c1C. The van der Waals surface area contributed by atoms with Crippen molar-refractivity contribution in [2.45, 2.75) is 32.7 Å². The summed E-state index contributed by atoms with van der Waals surface area (Å²) in [7, 11) is 0. The standard InChI is InChI=1S/C29H19F7N8O2S/c1-3-43-12(2)16(11-38-43)15-8-19(28(31,32)33)40-27-22(15)23(24(47-27)25(37)45)41-26(46)18-10-21-39-17(13-4-6-14(30)7-5-13)9-20(29(34,35)36)44(21)42-18/h4-11H,3H2,1-2H3,(H2,37,45)(H,41,46). The van der Waals surface area contributed by atoms with Gasteiger partial charge in [-0.25, -0.2) is 18.9 Å². The second-order valence-electron chi connectivity index (χ2n) is 10.1. The van der Waals surface area contributed by atoms with E-state index < -0.39 is 52.7 Å². The van der Waals surface area contributed by atoms with E-state index in [9.17, 15) is 40.3 Å².